The lowest BCUT2D eigenvalue weighted by Crippen LogP contribution is -2.56. The number of hydrogen-bond acceptors (Lipinski definition) is 6. The first-order valence-electron chi connectivity index (χ1n) is 9.33. The average molecular weight is 359 g/mol. The normalized spacial score (nSPS) is 25.7. The Bertz CT molecular complexity index is 625. The molecule has 7 nitrogen and oxygen atoms in total. The van der Waals surface area contributed by atoms with Crippen molar-refractivity contribution in [2.45, 2.75) is 19.4 Å². The molecule has 26 heavy (non-hydrogen) atoms. The number of carboxylic acids is 1. The van der Waals surface area contributed by atoms with Crippen LogP contribution in [0.25, 0.3) is 0 Å². The molecular formula is C19H29N5O2. The molecule has 0 bridgehead atoms. The van der Waals surface area contributed by atoms with Crippen molar-refractivity contribution in [2.75, 3.05) is 50.7 Å². The molecule has 2 aliphatic heterocycles. The number of carbonyl (C=O) groups is 1. The summed E-state index contributed by atoms with van der Waals surface area (Å²) in [4.78, 5) is 18.0. The second-order valence-corrected chi connectivity index (χ2v) is 7.35. The summed E-state index contributed by atoms with van der Waals surface area (Å²) in [7, 11) is 0. The highest BCUT2D eigenvalue weighted by molar-refractivity contribution is 5.80. The first-order chi connectivity index (χ1) is 12.6. The summed E-state index contributed by atoms with van der Waals surface area (Å²) < 4.78 is 0. The summed E-state index contributed by atoms with van der Waals surface area (Å²) in [6, 6.07) is 8.89. The van der Waals surface area contributed by atoms with Crippen molar-refractivity contribution in [3.8, 4) is 0 Å². The lowest BCUT2D eigenvalue weighted by molar-refractivity contribution is -0.139. The highest BCUT2D eigenvalue weighted by Gasteiger charge is 2.32. The van der Waals surface area contributed by atoms with Gasteiger partial charge < -0.3 is 15.8 Å². The minimum Gasteiger partial charge on any atom is -0.480 e. The number of nitrogens with zero attached hydrogens (tertiary/aromatic N) is 4. The summed E-state index contributed by atoms with van der Waals surface area (Å²) in [5.41, 5.74) is 2.25. The summed E-state index contributed by atoms with van der Waals surface area (Å²) >= 11 is 0. The molecular weight excluding hydrogens is 330 g/mol. The number of rotatable bonds is 5. The predicted molar refractivity (Wildman–Crippen MR) is 104 cm³/mol. The lowest BCUT2D eigenvalue weighted by atomic mass is 9.91. The Balaban J connectivity index is 1.51. The molecule has 0 saturated carbocycles. The maximum absolute atomic E-state index is 10.9. The zero-order chi connectivity index (χ0) is 18.5. The number of piperidine rings is 1. The van der Waals surface area contributed by atoms with E-state index in [1.807, 2.05) is 12.1 Å². The molecule has 3 N–H and O–H groups in total. The van der Waals surface area contributed by atoms with E-state index in [4.69, 9.17) is 10.9 Å². The smallest absolute Gasteiger partial charge is 0.317 e. The first-order valence-corrected chi connectivity index (χ1v) is 9.33. The number of aliphatic carboxylic acids is 1. The van der Waals surface area contributed by atoms with Gasteiger partial charge in [0.1, 0.15) is 0 Å². The Morgan fingerprint density at radius 2 is 1.92 bits per heavy atom. The van der Waals surface area contributed by atoms with Gasteiger partial charge in [-0.25, -0.2) is 0 Å². The molecule has 2 atom stereocenters. The van der Waals surface area contributed by atoms with Crippen LogP contribution in [0.1, 0.15) is 18.9 Å². The molecule has 142 valence electrons. The fourth-order valence-corrected chi connectivity index (χ4v) is 4.27. The van der Waals surface area contributed by atoms with Crippen LogP contribution in [0, 0.1) is 5.92 Å². The second-order valence-electron chi connectivity index (χ2n) is 7.35. The van der Waals surface area contributed by atoms with Gasteiger partial charge in [0.25, 0.3) is 0 Å². The van der Waals surface area contributed by atoms with Crippen molar-refractivity contribution in [1.82, 2.24) is 9.80 Å². The van der Waals surface area contributed by atoms with Crippen molar-refractivity contribution in [1.29, 1.82) is 0 Å². The quantitative estimate of drug-likeness (QED) is 0.461. The number of carboxylic acid groups (broad SMARTS) is 1. The number of hydrazone groups is 1. The maximum atomic E-state index is 10.9. The molecule has 2 unspecified atom stereocenters. The Labute approximate surface area is 155 Å². The van der Waals surface area contributed by atoms with E-state index in [9.17, 15) is 4.79 Å². The summed E-state index contributed by atoms with van der Waals surface area (Å²) in [5.74, 6) is 4.97. The van der Waals surface area contributed by atoms with Crippen LogP contribution in [0.4, 0.5) is 5.69 Å². The molecule has 0 aliphatic carbocycles. The molecule has 2 aliphatic rings. The Kier molecular flexibility index (Phi) is 6.11. The van der Waals surface area contributed by atoms with Crippen LogP contribution in [0.2, 0.25) is 0 Å². The molecule has 0 amide bonds. The van der Waals surface area contributed by atoms with Crippen LogP contribution < -0.4 is 10.7 Å². The Morgan fingerprint density at radius 3 is 2.50 bits per heavy atom. The zero-order valence-electron chi connectivity index (χ0n) is 15.4. The number of hydrogen-bond donors (Lipinski definition) is 2. The Hall–Kier alpha value is -2.12. The van der Waals surface area contributed by atoms with E-state index in [0.29, 0.717) is 12.0 Å². The van der Waals surface area contributed by atoms with Gasteiger partial charge in [-0.1, -0.05) is 19.1 Å². The van der Waals surface area contributed by atoms with E-state index in [2.05, 4.69) is 38.9 Å². The van der Waals surface area contributed by atoms with Gasteiger partial charge in [0.05, 0.1) is 12.8 Å². The van der Waals surface area contributed by atoms with Gasteiger partial charge in [-0.05, 0) is 30.0 Å². The van der Waals surface area contributed by atoms with Crippen molar-refractivity contribution >= 4 is 17.9 Å². The fourth-order valence-electron chi connectivity index (χ4n) is 4.27. The van der Waals surface area contributed by atoms with Gasteiger partial charge in [0, 0.05) is 51.0 Å². The lowest BCUT2D eigenvalue weighted by Gasteiger charge is -2.46. The average Bonchev–Trinajstić information content (AvgIpc) is 2.63. The van der Waals surface area contributed by atoms with E-state index in [0.717, 1.165) is 51.3 Å². The third-order valence-electron chi connectivity index (χ3n) is 5.57. The molecule has 2 heterocycles. The third-order valence-corrected chi connectivity index (χ3v) is 5.57. The maximum Gasteiger partial charge on any atom is 0.317 e. The third kappa shape index (κ3) is 4.53. The highest BCUT2D eigenvalue weighted by Crippen LogP contribution is 2.25. The molecule has 0 radical (unpaired) electrons. The van der Waals surface area contributed by atoms with Gasteiger partial charge in [-0.3, -0.25) is 14.6 Å². The standard InChI is InChI=1S/C19H29N5O2/c1-15-13-22(14-19(25)26)7-6-18(15)24-10-8-23(9-11-24)17-4-2-16(3-5-17)12-21-20/h2-5,12,15,18H,6-11,13-14,20H2,1H3,(H,25,26). The van der Waals surface area contributed by atoms with Gasteiger partial charge >= 0.3 is 5.97 Å². The van der Waals surface area contributed by atoms with Gasteiger partial charge in [-0.2, -0.15) is 5.10 Å². The van der Waals surface area contributed by atoms with Gasteiger partial charge in [0.15, 0.2) is 0 Å². The van der Waals surface area contributed by atoms with Crippen molar-refractivity contribution in [2.24, 2.45) is 16.9 Å². The van der Waals surface area contributed by atoms with E-state index in [1.165, 1.54) is 5.69 Å². The molecule has 2 fully saturated rings. The van der Waals surface area contributed by atoms with Crippen molar-refractivity contribution in [3.63, 3.8) is 0 Å². The first kappa shape index (κ1) is 18.7. The van der Waals surface area contributed by atoms with Crippen LogP contribution in [0.3, 0.4) is 0 Å². The monoisotopic (exact) mass is 359 g/mol. The van der Waals surface area contributed by atoms with Crippen molar-refractivity contribution in [3.05, 3.63) is 29.8 Å². The van der Waals surface area contributed by atoms with Crippen LogP contribution >= 0.6 is 0 Å². The summed E-state index contributed by atoms with van der Waals surface area (Å²) in [5, 5.41) is 12.5. The highest BCUT2D eigenvalue weighted by atomic mass is 16.4. The molecule has 7 heteroatoms. The minimum atomic E-state index is -0.729. The number of nitrogens with two attached hydrogens (primary N) is 1. The largest absolute Gasteiger partial charge is 0.480 e. The van der Waals surface area contributed by atoms with E-state index in [1.54, 1.807) is 6.21 Å². The Morgan fingerprint density at radius 1 is 1.23 bits per heavy atom. The molecule has 1 aromatic rings. The zero-order valence-corrected chi connectivity index (χ0v) is 15.4. The number of anilines is 1. The predicted octanol–water partition coefficient (Wildman–Crippen LogP) is 0.896. The van der Waals surface area contributed by atoms with E-state index >= 15 is 0 Å². The molecule has 0 aromatic heterocycles. The topological polar surface area (TPSA) is 85.4 Å². The number of benzene rings is 1. The summed E-state index contributed by atoms with van der Waals surface area (Å²) in [6.07, 6.45) is 2.71. The van der Waals surface area contributed by atoms with Crippen LogP contribution in [0.5, 0.6) is 0 Å². The molecule has 0 spiro atoms. The van der Waals surface area contributed by atoms with Crippen LogP contribution in [-0.2, 0) is 4.79 Å². The second kappa shape index (κ2) is 8.51. The minimum absolute atomic E-state index is 0.162. The molecule has 2 saturated heterocycles. The number of likely N-dealkylation sites (tertiary alicyclic amines) is 1. The molecule has 1 aromatic carbocycles. The fraction of sp³-hybridized carbons (Fsp3) is 0.579. The SMILES string of the molecule is CC1CN(CC(=O)O)CCC1N1CCN(c2ccc(C=NN)cc2)CC1. The number of piperazine rings is 1. The molecule has 3 rings (SSSR count). The summed E-state index contributed by atoms with van der Waals surface area (Å²) in [6.45, 7) is 8.32. The van der Waals surface area contributed by atoms with Gasteiger partial charge in [-0.15, -0.1) is 0 Å². The van der Waals surface area contributed by atoms with E-state index < -0.39 is 5.97 Å². The van der Waals surface area contributed by atoms with Crippen molar-refractivity contribution < 1.29 is 9.90 Å². The van der Waals surface area contributed by atoms with Crippen LogP contribution in [-0.4, -0.2) is 78.9 Å². The van der Waals surface area contributed by atoms with Gasteiger partial charge in [0.2, 0.25) is 0 Å². The van der Waals surface area contributed by atoms with Crippen LogP contribution in [0.15, 0.2) is 29.4 Å². The van der Waals surface area contributed by atoms with E-state index in [-0.39, 0.29) is 6.54 Å².